The van der Waals surface area contributed by atoms with Crippen LogP contribution < -0.4 is 15.8 Å². The van der Waals surface area contributed by atoms with Crippen LogP contribution >= 0.6 is 11.6 Å². The van der Waals surface area contributed by atoms with Crippen LogP contribution in [0.5, 0.6) is 5.75 Å². The molecule has 5 nitrogen and oxygen atoms in total. The van der Waals surface area contributed by atoms with Crippen molar-refractivity contribution in [2.75, 3.05) is 12.4 Å². The van der Waals surface area contributed by atoms with Gasteiger partial charge in [-0.15, -0.1) is 0 Å². The molecule has 0 radical (unpaired) electrons. The van der Waals surface area contributed by atoms with Crippen molar-refractivity contribution in [3.63, 3.8) is 0 Å². The van der Waals surface area contributed by atoms with Gasteiger partial charge >= 0.3 is 0 Å². The summed E-state index contributed by atoms with van der Waals surface area (Å²) in [5.74, 6) is -0.544. The van der Waals surface area contributed by atoms with Crippen LogP contribution in [0.15, 0.2) is 36.4 Å². The third-order valence-electron chi connectivity index (χ3n) is 3.17. The molecule has 6 heteroatoms. The van der Waals surface area contributed by atoms with E-state index in [1.165, 1.54) is 13.2 Å². The smallest absolute Gasteiger partial charge is 0.259 e. The lowest BCUT2D eigenvalue weighted by Crippen LogP contribution is -2.16. The molecule has 2 amide bonds. The zero-order valence-corrected chi connectivity index (χ0v) is 12.9. The van der Waals surface area contributed by atoms with Crippen molar-refractivity contribution >= 4 is 29.1 Å². The fourth-order valence-electron chi connectivity index (χ4n) is 2.02. The average molecular weight is 319 g/mol. The monoisotopic (exact) mass is 318 g/mol. The van der Waals surface area contributed by atoms with Crippen molar-refractivity contribution in [3.05, 3.63) is 58.1 Å². The number of primary amides is 1. The Hall–Kier alpha value is -2.53. The summed E-state index contributed by atoms with van der Waals surface area (Å²) in [4.78, 5) is 23.7. The zero-order valence-electron chi connectivity index (χ0n) is 12.1. The Labute approximate surface area is 133 Å². The highest BCUT2D eigenvalue weighted by Crippen LogP contribution is 2.24. The quantitative estimate of drug-likeness (QED) is 0.909. The second kappa shape index (κ2) is 6.49. The first kappa shape index (κ1) is 15.9. The number of ether oxygens (including phenoxy) is 1. The van der Waals surface area contributed by atoms with Gasteiger partial charge in [0.1, 0.15) is 5.75 Å². The van der Waals surface area contributed by atoms with Crippen LogP contribution in [0.3, 0.4) is 0 Å². The van der Waals surface area contributed by atoms with Gasteiger partial charge in [0.05, 0.1) is 12.7 Å². The van der Waals surface area contributed by atoms with Crippen LogP contribution in [0, 0.1) is 6.92 Å². The molecule has 2 aromatic rings. The van der Waals surface area contributed by atoms with E-state index in [4.69, 9.17) is 22.1 Å². The molecule has 2 rings (SSSR count). The van der Waals surface area contributed by atoms with Crippen LogP contribution in [0.2, 0.25) is 5.02 Å². The molecule has 114 valence electrons. The second-order valence-corrected chi connectivity index (χ2v) is 5.13. The summed E-state index contributed by atoms with van der Waals surface area (Å²) in [6, 6.07) is 9.68. The molecule has 0 aliphatic rings. The van der Waals surface area contributed by atoms with Gasteiger partial charge in [0.25, 0.3) is 5.91 Å². The van der Waals surface area contributed by atoms with Gasteiger partial charge in [-0.05, 0) is 42.8 Å². The number of rotatable bonds is 4. The zero-order chi connectivity index (χ0) is 16.3. The molecule has 0 saturated heterocycles. The van der Waals surface area contributed by atoms with Crippen molar-refractivity contribution in [1.29, 1.82) is 0 Å². The van der Waals surface area contributed by atoms with E-state index in [9.17, 15) is 9.59 Å². The Balaban J connectivity index is 2.30. The maximum Gasteiger partial charge on any atom is 0.259 e. The lowest BCUT2D eigenvalue weighted by Gasteiger charge is -2.11. The summed E-state index contributed by atoms with van der Waals surface area (Å²) >= 11 is 5.87. The van der Waals surface area contributed by atoms with Gasteiger partial charge in [-0.25, -0.2) is 0 Å². The maximum absolute atomic E-state index is 12.3. The first-order valence-electron chi connectivity index (χ1n) is 6.47. The van der Waals surface area contributed by atoms with Crippen LogP contribution in [-0.4, -0.2) is 18.9 Å². The lowest BCUT2D eigenvalue weighted by molar-refractivity contribution is 0.0995. The van der Waals surface area contributed by atoms with Gasteiger partial charge in [0.2, 0.25) is 5.91 Å². The molecule has 2 aromatic carbocycles. The Bertz CT molecular complexity index is 744. The van der Waals surface area contributed by atoms with Gasteiger partial charge in [-0.3, -0.25) is 9.59 Å². The number of carbonyl (C=O) groups is 2. The highest BCUT2D eigenvalue weighted by Gasteiger charge is 2.14. The molecule has 3 N–H and O–H groups in total. The SMILES string of the molecule is COc1cc(Cl)ccc1C(=O)Nc1ccc(C)c(C(N)=O)c1. The third-order valence-corrected chi connectivity index (χ3v) is 3.40. The average Bonchev–Trinajstić information content (AvgIpc) is 2.48. The first-order chi connectivity index (χ1) is 10.4. The highest BCUT2D eigenvalue weighted by molar-refractivity contribution is 6.31. The number of amides is 2. The van der Waals surface area contributed by atoms with Gasteiger partial charge in [-0.2, -0.15) is 0 Å². The highest BCUT2D eigenvalue weighted by atomic mass is 35.5. The molecular formula is C16H15ClN2O3. The second-order valence-electron chi connectivity index (χ2n) is 4.69. The molecule has 0 aliphatic heterocycles. The summed E-state index contributed by atoms with van der Waals surface area (Å²) in [5.41, 5.74) is 7.22. The van der Waals surface area contributed by atoms with E-state index >= 15 is 0 Å². The van der Waals surface area contributed by atoms with Crippen LogP contribution in [0.25, 0.3) is 0 Å². The summed E-state index contributed by atoms with van der Waals surface area (Å²) in [6.45, 7) is 1.77. The molecule has 0 aliphatic carbocycles. The number of hydrogen-bond acceptors (Lipinski definition) is 3. The molecular weight excluding hydrogens is 304 g/mol. The number of aryl methyl sites for hydroxylation is 1. The van der Waals surface area contributed by atoms with Gasteiger partial charge in [0, 0.05) is 16.3 Å². The van der Waals surface area contributed by atoms with E-state index in [1.807, 2.05) is 0 Å². The van der Waals surface area contributed by atoms with Crippen LogP contribution in [-0.2, 0) is 0 Å². The molecule has 0 atom stereocenters. The summed E-state index contributed by atoms with van der Waals surface area (Å²) in [5, 5.41) is 3.18. The largest absolute Gasteiger partial charge is 0.496 e. The van der Waals surface area contributed by atoms with E-state index in [1.54, 1.807) is 37.3 Å². The summed E-state index contributed by atoms with van der Waals surface area (Å²) < 4.78 is 5.15. The molecule has 22 heavy (non-hydrogen) atoms. The normalized spacial score (nSPS) is 10.1. The predicted octanol–water partition coefficient (Wildman–Crippen LogP) is 3.01. The predicted molar refractivity (Wildman–Crippen MR) is 85.7 cm³/mol. The Morgan fingerprint density at radius 3 is 2.50 bits per heavy atom. The van der Waals surface area contributed by atoms with Gasteiger partial charge < -0.3 is 15.8 Å². The molecule has 0 heterocycles. The van der Waals surface area contributed by atoms with Gasteiger partial charge in [0.15, 0.2) is 0 Å². The molecule has 0 saturated carbocycles. The number of nitrogens with one attached hydrogen (secondary N) is 1. The van der Waals surface area contributed by atoms with Crippen molar-refractivity contribution in [3.8, 4) is 5.75 Å². The molecule has 0 spiro atoms. The van der Waals surface area contributed by atoms with Gasteiger partial charge in [-0.1, -0.05) is 17.7 Å². The van der Waals surface area contributed by atoms with Crippen molar-refractivity contribution in [1.82, 2.24) is 0 Å². The number of anilines is 1. The minimum Gasteiger partial charge on any atom is -0.496 e. The number of carbonyl (C=O) groups excluding carboxylic acids is 2. The van der Waals surface area contributed by atoms with Crippen LogP contribution in [0.4, 0.5) is 5.69 Å². The minimum atomic E-state index is -0.544. The van der Waals surface area contributed by atoms with E-state index in [0.29, 0.717) is 27.6 Å². The Kier molecular flexibility index (Phi) is 4.68. The first-order valence-corrected chi connectivity index (χ1v) is 6.85. The van der Waals surface area contributed by atoms with Crippen molar-refractivity contribution in [2.24, 2.45) is 5.73 Å². The van der Waals surface area contributed by atoms with E-state index in [-0.39, 0.29) is 5.91 Å². The number of hydrogen-bond donors (Lipinski definition) is 2. The Morgan fingerprint density at radius 1 is 1.14 bits per heavy atom. The number of nitrogens with two attached hydrogens (primary N) is 1. The lowest BCUT2D eigenvalue weighted by atomic mass is 10.1. The van der Waals surface area contributed by atoms with Crippen LogP contribution in [0.1, 0.15) is 26.3 Å². The van der Waals surface area contributed by atoms with E-state index in [0.717, 1.165) is 5.56 Å². The van der Waals surface area contributed by atoms with E-state index in [2.05, 4.69) is 5.32 Å². The molecule has 0 aromatic heterocycles. The topological polar surface area (TPSA) is 81.4 Å². The maximum atomic E-state index is 12.3. The third kappa shape index (κ3) is 3.38. The van der Waals surface area contributed by atoms with Crippen molar-refractivity contribution in [2.45, 2.75) is 6.92 Å². The molecule has 0 unspecified atom stereocenters. The minimum absolute atomic E-state index is 0.341. The number of benzene rings is 2. The fraction of sp³-hybridized carbons (Fsp3) is 0.125. The van der Waals surface area contributed by atoms with E-state index < -0.39 is 5.91 Å². The Morgan fingerprint density at radius 2 is 1.86 bits per heavy atom. The van der Waals surface area contributed by atoms with Crippen molar-refractivity contribution < 1.29 is 14.3 Å². The summed E-state index contributed by atoms with van der Waals surface area (Å²) in [7, 11) is 1.46. The number of halogens is 1. The number of methoxy groups -OCH3 is 1. The molecule has 0 fully saturated rings. The molecule has 0 bridgehead atoms. The standard InChI is InChI=1S/C16H15ClN2O3/c1-9-3-5-11(8-13(9)15(18)20)19-16(21)12-6-4-10(17)7-14(12)22-2/h3-8H,1-2H3,(H2,18,20)(H,19,21). The summed E-state index contributed by atoms with van der Waals surface area (Å²) in [6.07, 6.45) is 0. The fourth-order valence-corrected chi connectivity index (χ4v) is 2.18.